The number of halogens is 6. The Kier molecular flexibility index (Phi) is 14.3. The van der Waals surface area contributed by atoms with Crippen LogP contribution in [0, 0.1) is 48.8 Å². The van der Waals surface area contributed by atoms with Gasteiger partial charge >= 0.3 is 0 Å². The Hall–Kier alpha value is -7.88. The molecular formula is C58H50F6N4O5. The summed E-state index contributed by atoms with van der Waals surface area (Å²) in [7, 11) is 0. The van der Waals surface area contributed by atoms with E-state index in [9.17, 15) is 36.6 Å². The number of aliphatic hydroxyl groups is 2. The maximum absolute atomic E-state index is 14.3. The van der Waals surface area contributed by atoms with E-state index in [0.717, 1.165) is 22.5 Å². The van der Waals surface area contributed by atoms with Gasteiger partial charge in [-0.2, -0.15) is 0 Å². The van der Waals surface area contributed by atoms with Gasteiger partial charge in [0.2, 0.25) is 0 Å². The van der Waals surface area contributed by atoms with Gasteiger partial charge in [0.15, 0.2) is 23.2 Å². The van der Waals surface area contributed by atoms with Crippen molar-refractivity contribution in [2.24, 2.45) is 4.99 Å². The van der Waals surface area contributed by atoms with Gasteiger partial charge in [-0.3, -0.25) is 9.98 Å². The molecule has 374 valence electrons. The second kappa shape index (κ2) is 20.3. The van der Waals surface area contributed by atoms with Crippen molar-refractivity contribution in [2.45, 2.75) is 72.2 Å². The molecule has 0 saturated heterocycles. The molecule has 73 heavy (non-hydrogen) atoms. The first-order valence-electron chi connectivity index (χ1n) is 23.1. The van der Waals surface area contributed by atoms with Crippen LogP contribution in [-0.4, -0.2) is 43.0 Å². The monoisotopic (exact) mass is 996 g/mol. The minimum atomic E-state index is -1.46. The average Bonchev–Trinajstić information content (AvgIpc) is 3.46. The van der Waals surface area contributed by atoms with E-state index in [1.165, 1.54) is 82.3 Å². The van der Waals surface area contributed by atoms with Crippen molar-refractivity contribution in [3.05, 3.63) is 202 Å². The predicted octanol–water partition coefficient (Wildman–Crippen LogP) is 14.2. The average molecular weight is 997 g/mol. The molecule has 2 N–H and O–H groups in total. The maximum atomic E-state index is 14.3. The van der Waals surface area contributed by atoms with Crippen molar-refractivity contribution in [1.82, 2.24) is 15.0 Å². The molecule has 0 unspecified atom stereocenters. The largest absolute Gasteiger partial charge is 0.482 e. The summed E-state index contributed by atoms with van der Waals surface area (Å²) in [5, 5.41) is 22.4. The van der Waals surface area contributed by atoms with Gasteiger partial charge in [-0.25, -0.2) is 36.3 Å². The van der Waals surface area contributed by atoms with Crippen molar-refractivity contribution in [3.63, 3.8) is 0 Å². The summed E-state index contributed by atoms with van der Waals surface area (Å²) >= 11 is 0. The second-order valence-electron chi connectivity index (χ2n) is 19.0. The lowest BCUT2D eigenvalue weighted by atomic mass is 9.96. The maximum Gasteiger partial charge on any atom is 0.184 e. The van der Waals surface area contributed by atoms with Crippen molar-refractivity contribution >= 4 is 38.4 Å². The number of aromatic nitrogens is 3. The van der Waals surface area contributed by atoms with Gasteiger partial charge in [0.25, 0.3) is 0 Å². The van der Waals surface area contributed by atoms with Crippen LogP contribution in [-0.2, 0) is 11.2 Å². The number of pyridine rings is 3. The summed E-state index contributed by atoms with van der Waals surface area (Å²) in [6, 6.07) is 33.6. The fourth-order valence-electron chi connectivity index (χ4n) is 8.21. The Balaban J connectivity index is 0.000000146. The van der Waals surface area contributed by atoms with E-state index in [0.29, 0.717) is 45.7 Å². The lowest BCUT2D eigenvalue weighted by Gasteiger charge is -2.23. The molecule has 9 nitrogen and oxygen atoms in total. The first-order chi connectivity index (χ1) is 34.5. The Morgan fingerprint density at radius 1 is 0.548 bits per heavy atom. The van der Waals surface area contributed by atoms with Gasteiger partial charge in [-0.05, 0) is 134 Å². The van der Waals surface area contributed by atoms with E-state index in [1.54, 1.807) is 50.4 Å². The van der Waals surface area contributed by atoms with Crippen LogP contribution in [0.5, 0.6) is 28.7 Å². The molecule has 0 bridgehead atoms. The van der Waals surface area contributed by atoms with Crippen LogP contribution in [0.25, 0.3) is 32.7 Å². The number of ether oxygens (including phenoxy) is 3. The van der Waals surface area contributed by atoms with Gasteiger partial charge in [0.05, 0.1) is 51.5 Å². The minimum Gasteiger partial charge on any atom is -0.482 e. The van der Waals surface area contributed by atoms with Crippen LogP contribution in [0.15, 0.2) is 139 Å². The molecule has 10 rings (SSSR count). The van der Waals surface area contributed by atoms with E-state index in [-0.39, 0.29) is 51.0 Å². The van der Waals surface area contributed by atoms with E-state index in [2.05, 4.69) is 15.0 Å². The quantitative estimate of drug-likeness (QED) is 0.152. The predicted molar refractivity (Wildman–Crippen MR) is 270 cm³/mol. The van der Waals surface area contributed by atoms with Gasteiger partial charge in [0.1, 0.15) is 57.1 Å². The number of hydrogen-bond donors (Lipinski definition) is 2. The third-order valence-electron chi connectivity index (χ3n) is 11.7. The molecule has 1 aliphatic rings. The smallest absolute Gasteiger partial charge is 0.184 e. The lowest BCUT2D eigenvalue weighted by Crippen LogP contribution is -2.31. The molecule has 6 aromatic carbocycles. The summed E-state index contributed by atoms with van der Waals surface area (Å²) in [5.74, 6) is -2.75. The zero-order valence-corrected chi connectivity index (χ0v) is 41.1. The van der Waals surface area contributed by atoms with E-state index >= 15 is 0 Å². The number of nitrogens with zero attached hydrogens (tertiary/aromatic N) is 4. The van der Waals surface area contributed by atoms with Gasteiger partial charge in [-0.15, -0.1) is 0 Å². The van der Waals surface area contributed by atoms with Crippen LogP contribution >= 0.6 is 0 Å². The molecule has 0 saturated carbocycles. The molecule has 15 heteroatoms. The molecular weight excluding hydrogens is 947 g/mol. The summed E-state index contributed by atoms with van der Waals surface area (Å²) in [6.07, 6.45) is 1.79. The molecule has 0 radical (unpaired) electrons. The summed E-state index contributed by atoms with van der Waals surface area (Å²) in [5.41, 5.74) is 0.711. The Bertz CT molecular complexity index is 3590. The van der Waals surface area contributed by atoms with E-state index in [4.69, 9.17) is 19.2 Å². The number of rotatable bonds is 7. The first-order valence-corrected chi connectivity index (χ1v) is 23.1. The van der Waals surface area contributed by atoms with E-state index < -0.39 is 45.9 Å². The fourth-order valence-corrected chi connectivity index (χ4v) is 8.21. The number of aryl methyl sites for hydroxylation is 2. The highest BCUT2D eigenvalue weighted by atomic mass is 19.2. The SMILES string of the molecule is CC1(C)CN=C(c2cnc3ccccc3c2)c2cccc(F)c2O1.Cc1nc2c(F)c(F)ccc2cc1Oc1cccc(F)c1C(C)(C)O.Cc1nc2c(F)cccc2cc1Oc1cccc(F)c1C(C)(C)O. The van der Waals surface area contributed by atoms with Gasteiger partial charge < -0.3 is 24.4 Å². The zero-order chi connectivity index (χ0) is 52.6. The summed E-state index contributed by atoms with van der Waals surface area (Å²) in [6.45, 7) is 13.4. The highest BCUT2D eigenvalue weighted by molar-refractivity contribution is 6.15. The number of hydrogen-bond acceptors (Lipinski definition) is 9. The topological polar surface area (TPSA) is 119 Å². The second-order valence-corrected chi connectivity index (χ2v) is 19.0. The van der Waals surface area contributed by atoms with Crippen LogP contribution in [0.3, 0.4) is 0 Å². The van der Waals surface area contributed by atoms with E-state index in [1.807, 2.05) is 50.2 Å². The third kappa shape index (κ3) is 11.3. The van der Waals surface area contributed by atoms with Crippen LogP contribution in [0.4, 0.5) is 26.3 Å². The number of benzene rings is 6. The molecule has 0 spiro atoms. The molecule has 4 heterocycles. The number of fused-ring (bicyclic) bond motifs is 4. The number of para-hydroxylation sites is 3. The molecule has 1 aliphatic heterocycles. The highest BCUT2D eigenvalue weighted by Gasteiger charge is 2.30. The Labute approximate surface area is 417 Å². The van der Waals surface area contributed by atoms with Crippen LogP contribution in [0.1, 0.15) is 75.2 Å². The number of aliphatic imine (C=N–C) groups is 1. The highest BCUT2D eigenvalue weighted by Crippen LogP contribution is 2.39. The Morgan fingerprint density at radius 3 is 1.68 bits per heavy atom. The van der Waals surface area contributed by atoms with Crippen molar-refractivity contribution in [2.75, 3.05) is 6.54 Å². The summed E-state index contributed by atoms with van der Waals surface area (Å²) < 4.78 is 101. The van der Waals surface area contributed by atoms with Crippen molar-refractivity contribution in [3.8, 4) is 28.7 Å². The molecule has 3 aromatic heterocycles. The van der Waals surface area contributed by atoms with Gasteiger partial charge in [-0.1, -0.05) is 48.5 Å². The standard InChI is InChI=1S/C20H17FN2O.C19H16F3NO2.C19H17F2NO2/c1-20(2)12-23-18(15-7-5-8-16(21)19(15)24-20)14-10-13-6-3-4-9-17(13)22-11-14;1-10-15(9-11-7-8-13(21)17(22)18(11)23-10)25-14-6-4-5-12(20)16(14)19(2,3)24;1-11-16(10-12-6-4-8-14(21)18(12)22-11)24-15-9-5-7-13(20)17(15)19(2,3)23/h3-11H,12H2,1-2H3;4-9,24H,1-3H3;4-10,23H,1-3H3. The van der Waals surface area contributed by atoms with Gasteiger partial charge in [0, 0.05) is 33.5 Å². The summed E-state index contributed by atoms with van der Waals surface area (Å²) in [4.78, 5) is 17.5. The normalized spacial score (nSPS) is 13.2. The molecule has 9 aromatic rings. The van der Waals surface area contributed by atoms with Crippen LogP contribution < -0.4 is 14.2 Å². The fraction of sp³-hybridized carbons (Fsp3) is 0.207. The molecule has 0 amide bonds. The first kappa shape index (κ1) is 51.5. The Morgan fingerprint density at radius 2 is 1.07 bits per heavy atom. The van der Waals surface area contributed by atoms with Crippen molar-refractivity contribution in [1.29, 1.82) is 0 Å². The molecule has 0 fully saturated rings. The molecule has 0 atom stereocenters. The molecule has 0 aliphatic carbocycles. The third-order valence-corrected chi connectivity index (χ3v) is 11.7. The zero-order valence-electron chi connectivity index (χ0n) is 41.1. The van der Waals surface area contributed by atoms with Crippen LogP contribution in [0.2, 0.25) is 0 Å². The minimum absolute atomic E-state index is 0.000200. The lowest BCUT2D eigenvalue weighted by molar-refractivity contribution is 0.0713. The van der Waals surface area contributed by atoms with Crippen molar-refractivity contribution < 1.29 is 50.8 Å².